The van der Waals surface area contributed by atoms with Gasteiger partial charge in [-0.2, -0.15) is 5.26 Å². The standard InChI is InChI=1S/C15H23N3O/c1-6-9-18(10-7-8-16)15(13(4)5)11-14(17-19)12(2)3/h11H,2,6-7,9-10H2,1,3-5H3/b14-11+. The quantitative estimate of drug-likeness (QED) is 0.487. The Morgan fingerprint density at radius 3 is 2.37 bits per heavy atom. The fraction of sp³-hybridized carbons (Fsp3) is 0.533. The van der Waals surface area contributed by atoms with Crippen molar-refractivity contribution in [2.45, 2.75) is 40.5 Å². The Hall–Kier alpha value is -1.89. The van der Waals surface area contributed by atoms with Crippen molar-refractivity contribution in [1.29, 1.82) is 5.26 Å². The number of allylic oxidation sites excluding steroid dienone is 3. The number of hydrogen-bond donors (Lipinski definition) is 0. The second-order valence-corrected chi connectivity index (χ2v) is 4.68. The lowest BCUT2D eigenvalue weighted by molar-refractivity contribution is 0.358. The Balaban J connectivity index is 5.40. The molecule has 0 aromatic carbocycles. The van der Waals surface area contributed by atoms with Gasteiger partial charge in [0.1, 0.15) is 5.70 Å². The predicted molar refractivity (Wildman–Crippen MR) is 79.2 cm³/mol. The van der Waals surface area contributed by atoms with Crippen LogP contribution in [0.25, 0.3) is 0 Å². The number of rotatable bonds is 8. The van der Waals surface area contributed by atoms with Crippen LogP contribution in [-0.2, 0) is 0 Å². The molecule has 0 atom stereocenters. The molecule has 0 bridgehead atoms. The molecule has 0 amide bonds. The Morgan fingerprint density at radius 1 is 1.37 bits per heavy atom. The highest BCUT2D eigenvalue weighted by Gasteiger charge is 2.10. The van der Waals surface area contributed by atoms with E-state index >= 15 is 0 Å². The van der Waals surface area contributed by atoms with E-state index in [2.05, 4.69) is 29.6 Å². The first-order chi connectivity index (χ1) is 8.97. The smallest absolute Gasteiger partial charge is 0.112 e. The molecular weight excluding hydrogens is 238 g/mol. The summed E-state index contributed by atoms with van der Waals surface area (Å²) in [6.07, 6.45) is 3.20. The summed E-state index contributed by atoms with van der Waals surface area (Å²) in [6.45, 7) is 13.1. The van der Waals surface area contributed by atoms with Crippen molar-refractivity contribution >= 4 is 0 Å². The van der Waals surface area contributed by atoms with E-state index in [1.165, 1.54) is 0 Å². The van der Waals surface area contributed by atoms with Crippen LogP contribution >= 0.6 is 0 Å². The molecule has 4 heteroatoms. The molecule has 0 aromatic heterocycles. The fourth-order valence-electron chi connectivity index (χ4n) is 1.72. The van der Waals surface area contributed by atoms with Crippen molar-refractivity contribution in [3.05, 3.63) is 40.1 Å². The first-order valence-electron chi connectivity index (χ1n) is 6.48. The largest absolute Gasteiger partial charge is 0.371 e. The summed E-state index contributed by atoms with van der Waals surface area (Å²) in [6, 6.07) is 2.15. The van der Waals surface area contributed by atoms with E-state index in [9.17, 15) is 4.91 Å². The molecule has 0 rings (SSSR count). The second kappa shape index (κ2) is 9.09. The van der Waals surface area contributed by atoms with Crippen molar-refractivity contribution in [2.24, 2.45) is 5.18 Å². The lowest BCUT2D eigenvalue weighted by atomic mass is 10.1. The molecule has 4 nitrogen and oxygen atoms in total. The Bertz CT molecular complexity index is 423. The monoisotopic (exact) mass is 261 g/mol. The Kier molecular flexibility index (Phi) is 8.19. The van der Waals surface area contributed by atoms with Gasteiger partial charge in [-0.1, -0.05) is 19.1 Å². The number of hydrogen-bond acceptors (Lipinski definition) is 4. The molecule has 19 heavy (non-hydrogen) atoms. The summed E-state index contributed by atoms with van der Waals surface area (Å²) in [5, 5.41) is 11.7. The summed E-state index contributed by atoms with van der Waals surface area (Å²) in [7, 11) is 0. The normalized spacial score (nSPS) is 10.6. The van der Waals surface area contributed by atoms with E-state index in [1.807, 2.05) is 13.8 Å². The maximum Gasteiger partial charge on any atom is 0.112 e. The minimum Gasteiger partial charge on any atom is -0.371 e. The van der Waals surface area contributed by atoms with Crippen molar-refractivity contribution in [2.75, 3.05) is 13.1 Å². The van der Waals surface area contributed by atoms with Crippen LogP contribution in [0.3, 0.4) is 0 Å². The van der Waals surface area contributed by atoms with Crippen LogP contribution in [-0.4, -0.2) is 18.0 Å². The minimum atomic E-state index is 0.356. The van der Waals surface area contributed by atoms with Gasteiger partial charge >= 0.3 is 0 Å². The minimum absolute atomic E-state index is 0.356. The maximum absolute atomic E-state index is 10.8. The Labute approximate surface area is 116 Å². The first kappa shape index (κ1) is 17.1. The van der Waals surface area contributed by atoms with Crippen LogP contribution < -0.4 is 0 Å². The molecule has 0 aliphatic heterocycles. The van der Waals surface area contributed by atoms with Crippen LogP contribution in [0.1, 0.15) is 40.5 Å². The van der Waals surface area contributed by atoms with Crippen LogP contribution in [0.2, 0.25) is 0 Å². The average Bonchev–Trinajstić information content (AvgIpc) is 2.35. The highest BCUT2D eigenvalue weighted by Crippen LogP contribution is 2.19. The van der Waals surface area contributed by atoms with Gasteiger partial charge in [-0.25, -0.2) is 0 Å². The van der Waals surface area contributed by atoms with Crippen LogP contribution in [0.15, 0.2) is 40.4 Å². The summed E-state index contributed by atoms with van der Waals surface area (Å²) < 4.78 is 0. The molecule has 0 aliphatic rings. The van der Waals surface area contributed by atoms with E-state index in [-0.39, 0.29) is 0 Å². The molecule has 0 unspecified atom stereocenters. The molecule has 0 heterocycles. The molecule has 0 aromatic rings. The number of nitrogens with zero attached hydrogens (tertiary/aromatic N) is 3. The Morgan fingerprint density at radius 2 is 2.00 bits per heavy atom. The van der Waals surface area contributed by atoms with Crippen molar-refractivity contribution in [3.8, 4) is 6.07 Å². The lowest BCUT2D eigenvalue weighted by Gasteiger charge is -2.26. The molecule has 104 valence electrons. The molecule has 0 saturated heterocycles. The SMILES string of the molecule is C=C(C)/C(=C\C(=C(C)C)N(CCC)CCC#N)N=O. The highest BCUT2D eigenvalue weighted by molar-refractivity contribution is 5.35. The zero-order valence-electron chi connectivity index (χ0n) is 12.4. The summed E-state index contributed by atoms with van der Waals surface area (Å²) in [5.41, 5.74) is 3.04. The van der Waals surface area contributed by atoms with Gasteiger partial charge in [0, 0.05) is 18.8 Å². The van der Waals surface area contributed by atoms with Crippen LogP contribution in [0.5, 0.6) is 0 Å². The molecular formula is C15H23N3O. The number of nitriles is 1. The molecule has 0 fully saturated rings. The third-order valence-corrected chi connectivity index (χ3v) is 2.65. The summed E-state index contributed by atoms with van der Waals surface area (Å²) in [5.74, 6) is 0. The van der Waals surface area contributed by atoms with E-state index in [4.69, 9.17) is 5.26 Å². The third kappa shape index (κ3) is 6.01. The third-order valence-electron chi connectivity index (χ3n) is 2.65. The van der Waals surface area contributed by atoms with Gasteiger partial charge in [0.05, 0.1) is 12.5 Å². The van der Waals surface area contributed by atoms with Gasteiger partial charge in [0.15, 0.2) is 0 Å². The highest BCUT2D eigenvalue weighted by atomic mass is 16.3. The molecule has 0 spiro atoms. The molecule has 0 N–H and O–H groups in total. The van der Waals surface area contributed by atoms with Crippen molar-refractivity contribution in [1.82, 2.24) is 4.90 Å². The molecule has 0 radical (unpaired) electrons. The fourth-order valence-corrected chi connectivity index (χ4v) is 1.72. The van der Waals surface area contributed by atoms with Gasteiger partial charge in [-0.05, 0) is 44.0 Å². The van der Waals surface area contributed by atoms with E-state index in [0.717, 1.165) is 24.2 Å². The van der Waals surface area contributed by atoms with E-state index in [1.54, 1.807) is 13.0 Å². The lowest BCUT2D eigenvalue weighted by Crippen LogP contribution is -2.25. The first-order valence-corrected chi connectivity index (χ1v) is 6.48. The van der Waals surface area contributed by atoms with Crippen molar-refractivity contribution in [3.63, 3.8) is 0 Å². The van der Waals surface area contributed by atoms with Crippen LogP contribution in [0.4, 0.5) is 0 Å². The summed E-state index contributed by atoms with van der Waals surface area (Å²) >= 11 is 0. The maximum atomic E-state index is 10.8. The molecule has 0 saturated carbocycles. The van der Waals surface area contributed by atoms with E-state index in [0.29, 0.717) is 24.2 Å². The topological polar surface area (TPSA) is 56.5 Å². The van der Waals surface area contributed by atoms with Gasteiger partial charge in [0.25, 0.3) is 0 Å². The zero-order valence-corrected chi connectivity index (χ0v) is 12.4. The number of nitroso groups, excluding NO2 is 1. The van der Waals surface area contributed by atoms with Gasteiger partial charge in [-0.15, -0.1) is 4.91 Å². The second-order valence-electron chi connectivity index (χ2n) is 4.68. The summed E-state index contributed by atoms with van der Waals surface area (Å²) in [4.78, 5) is 12.9. The molecule has 0 aliphatic carbocycles. The van der Waals surface area contributed by atoms with Crippen LogP contribution in [0, 0.1) is 16.2 Å². The average molecular weight is 261 g/mol. The van der Waals surface area contributed by atoms with Gasteiger partial charge < -0.3 is 4.90 Å². The van der Waals surface area contributed by atoms with Gasteiger partial charge in [0.2, 0.25) is 0 Å². The zero-order chi connectivity index (χ0) is 14.8. The van der Waals surface area contributed by atoms with E-state index < -0.39 is 0 Å². The predicted octanol–water partition coefficient (Wildman–Crippen LogP) is 4.13. The van der Waals surface area contributed by atoms with Crippen molar-refractivity contribution < 1.29 is 0 Å². The van der Waals surface area contributed by atoms with Gasteiger partial charge in [-0.3, -0.25) is 0 Å².